The maximum Gasteiger partial charge on any atom is 0.109 e. The van der Waals surface area contributed by atoms with E-state index in [1.807, 2.05) is 11.3 Å². The van der Waals surface area contributed by atoms with Crippen molar-refractivity contribution in [2.45, 2.75) is 0 Å². The molecule has 9 rings (SSSR count). The van der Waals surface area contributed by atoms with E-state index in [9.17, 15) is 0 Å². The van der Waals surface area contributed by atoms with Crippen LogP contribution in [0.1, 0.15) is 0 Å². The highest BCUT2D eigenvalue weighted by Gasteiger charge is 2.21. The molecule has 0 aliphatic heterocycles. The van der Waals surface area contributed by atoms with Gasteiger partial charge in [0.2, 0.25) is 0 Å². The lowest BCUT2D eigenvalue weighted by atomic mass is 10.00. The zero-order valence-corrected chi connectivity index (χ0v) is 26.4. The molecular formula is C44H30N2S. The van der Waals surface area contributed by atoms with E-state index < -0.39 is 0 Å². The fourth-order valence-corrected chi connectivity index (χ4v) is 8.19. The van der Waals surface area contributed by atoms with Crippen molar-refractivity contribution in [1.82, 2.24) is 4.40 Å². The molecule has 0 fully saturated rings. The number of hydrogen-bond acceptors (Lipinski definition) is 2. The van der Waals surface area contributed by atoms with Gasteiger partial charge >= 0.3 is 0 Å². The van der Waals surface area contributed by atoms with Gasteiger partial charge in [0, 0.05) is 33.6 Å². The SMILES string of the molecule is c1ccc(-c2ccc3c(c2)c(-c2ccccc2)c2sc4c(-c5ccc(N(c6ccccc6)c6ccccc6)cc5)cccc4n23)cc1. The number of hydrogen-bond donors (Lipinski definition) is 0. The molecule has 0 amide bonds. The number of anilines is 3. The monoisotopic (exact) mass is 618 g/mol. The minimum atomic E-state index is 1.13. The molecule has 2 heterocycles. The van der Waals surface area contributed by atoms with Crippen molar-refractivity contribution in [3.05, 3.63) is 182 Å². The van der Waals surface area contributed by atoms with Gasteiger partial charge in [-0.05, 0) is 76.9 Å². The summed E-state index contributed by atoms with van der Waals surface area (Å²) in [5, 5.41) is 1.28. The maximum atomic E-state index is 2.47. The van der Waals surface area contributed by atoms with Gasteiger partial charge in [0.15, 0.2) is 0 Å². The lowest BCUT2D eigenvalue weighted by Gasteiger charge is -2.25. The van der Waals surface area contributed by atoms with Crippen LogP contribution in [0, 0.1) is 0 Å². The highest BCUT2D eigenvalue weighted by Crippen LogP contribution is 2.46. The normalized spacial score (nSPS) is 11.4. The number of aromatic nitrogens is 1. The first-order valence-electron chi connectivity index (χ1n) is 15.9. The number of thiazole rings is 1. The Labute approximate surface area is 278 Å². The largest absolute Gasteiger partial charge is 0.311 e. The number of rotatable bonds is 6. The minimum Gasteiger partial charge on any atom is -0.311 e. The zero-order chi connectivity index (χ0) is 31.2. The molecule has 7 aromatic carbocycles. The van der Waals surface area contributed by atoms with E-state index in [0.29, 0.717) is 0 Å². The fourth-order valence-electron chi connectivity index (χ4n) is 6.82. The predicted octanol–water partition coefficient (Wildman–Crippen LogP) is 12.8. The first-order chi connectivity index (χ1) is 23.3. The van der Waals surface area contributed by atoms with Gasteiger partial charge in [-0.3, -0.25) is 4.40 Å². The fraction of sp³-hybridized carbons (Fsp3) is 0. The summed E-state index contributed by atoms with van der Waals surface area (Å²) in [6, 6.07) is 65.3. The summed E-state index contributed by atoms with van der Waals surface area (Å²) in [6.45, 7) is 0. The first-order valence-corrected chi connectivity index (χ1v) is 16.8. The van der Waals surface area contributed by atoms with E-state index >= 15 is 0 Å². The van der Waals surface area contributed by atoms with E-state index in [1.54, 1.807) is 0 Å². The second kappa shape index (κ2) is 11.5. The molecular weight excluding hydrogens is 589 g/mol. The Morgan fingerprint density at radius 3 is 1.60 bits per heavy atom. The van der Waals surface area contributed by atoms with Gasteiger partial charge in [-0.15, -0.1) is 11.3 Å². The van der Waals surface area contributed by atoms with Gasteiger partial charge < -0.3 is 4.90 Å². The van der Waals surface area contributed by atoms with Crippen molar-refractivity contribution in [2.75, 3.05) is 4.90 Å². The Morgan fingerprint density at radius 1 is 0.404 bits per heavy atom. The van der Waals surface area contributed by atoms with E-state index in [0.717, 1.165) is 17.1 Å². The zero-order valence-electron chi connectivity index (χ0n) is 25.6. The predicted molar refractivity (Wildman–Crippen MR) is 201 cm³/mol. The molecule has 9 aromatic rings. The Bertz CT molecular complexity index is 2440. The van der Waals surface area contributed by atoms with Gasteiger partial charge in [0.25, 0.3) is 0 Å². The van der Waals surface area contributed by atoms with Crippen LogP contribution in [-0.4, -0.2) is 4.40 Å². The van der Waals surface area contributed by atoms with Crippen molar-refractivity contribution in [3.63, 3.8) is 0 Å². The molecule has 3 heteroatoms. The Morgan fingerprint density at radius 2 is 0.957 bits per heavy atom. The van der Waals surface area contributed by atoms with Crippen LogP contribution < -0.4 is 4.90 Å². The maximum absolute atomic E-state index is 2.47. The van der Waals surface area contributed by atoms with Crippen molar-refractivity contribution in [1.29, 1.82) is 0 Å². The van der Waals surface area contributed by atoms with Gasteiger partial charge in [0.05, 0.1) is 15.7 Å². The summed E-state index contributed by atoms with van der Waals surface area (Å²) in [5.41, 5.74) is 13.3. The second-order valence-electron chi connectivity index (χ2n) is 11.8. The van der Waals surface area contributed by atoms with Crippen molar-refractivity contribution in [3.8, 4) is 33.4 Å². The van der Waals surface area contributed by atoms with Crippen LogP contribution in [0.3, 0.4) is 0 Å². The number of para-hydroxylation sites is 2. The van der Waals surface area contributed by atoms with Gasteiger partial charge in [-0.1, -0.05) is 127 Å². The second-order valence-corrected chi connectivity index (χ2v) is 12.8. The van der Waals surface area contributed by atoms with E-state index in [4.69, 9.17) is 0 Å². The standard InChI is InChI=1S/C44H30N2S/c1-5-14-31(15-6-1)34-26-29-40-39(30-34)42(33-16-7-2-8-17-33)44-46(40)41-23-13-22-38(43(41)47-44)32-24-27-37(28-25-32)45(35-18-9-3-10-19-35)36-20-11-4-12-21-36/h1-30H. The molecule has 0 radical (unpaired) electrons. The first kappa shape index (κ1) is 27.4. The highest BCUT2D eigenvalue weighted by molar-refractivity contribution is 7.25. The number of benzene rings is 7. The molecule has 0 atom stereocenters. The van der Waals surface area contributed by atoms with Gasteiger partial charge in [0.1, 0.15) is 4.83 Å². The van der Waals surface area contributed by atoms with E-state index in [1.165, 1.54) is 59.3 Å². The molecule has 0 saturated heterocycles. The summed E-state index contributed by atoms with van der Waals surface area (Å²) in [5.74, 6) is 0. The molecule has 222 valence electrons. The average molecular weight is 619 g/mol. The Balaban J connectivity index is 1.21. The summed E-state index contributed by atoms with van der Waals surface area (Å²) < 4.78 is 3.76. The van der Waals surface area contributed by atoms with Crippen LogP contribution in [0.5, 0.6) is 0 Å². The van der Waals surface area contributed by atoms with Crippen molar-refractivity contribution in [2.24, 2.45) is 0 Å². The number of fused-ring (bicyclic) bond motifs is 5. The number of nitrogens with zero attached hydrogens (tertiary/aromatic N) is 2. The van der Waals surface area contributed by atoms with Crippen LogP contribution in [0.15, 0.2) is 182 Å². The lowest BCUT2D eigenvalue weighted by molar-refractivity contribution is 1.28. The smallest absolute Gasteiger partial charge is 0.109 e. The molecule has 2 aromatic heterocycles. The quantitative estimate of drug-likeness (QED) is 0.180. The minimum absolute atomic E-state index is 1.13. The molecule has 0 N–H and O–H groups in total. The molecule has 0 aliphatic carbocycles. The molecule has 0 aliphatic rings. The lowest BCUT2D eigenvalue weighted by Crippen LogP contribution is -2.09. The molecule has 2 nitrogen and oxygen atoms in total. The molecule has 47 heavy (non-hydrogen) atoms. The van der Waals surface area contributed by atoms with Crippen LogP contribution in [-0.2, 0) is 0 Å². The summed E-state index contributed by atoms with van der Waals surface area (Å²) in [7, 11) is 0. The Hall–Kier alpha value is -5.90. The molecule has 0 bridgehead atoms. The third kappa shape index (κ3) is 4.72. The summed E-state index contributed by atoms with van der Waals surface area (Å²) in [6.07, 6.45) is 0. The van der Waals surface area contributed by atoms with Crippen LogP contribution in [0.4, 0.5) is 17.1 Å². The third-order valence-electron chi connectivity index (χ3n) is 8.99. The molecule has 0 spiro atoms. The van der Waals surface area contributed by atoms with Crippen LogP contribution in [0.25, 0.3) is 59.3 Å². The topological polar surface area (TPSA) is 7.65 Å². The highest BCUT2D eigenvalue weighted by atomic mass is 32.1. The van der Waals surface area contributed by atoms with Crippen molar-refractivity contribution >= 4 is 54.3 Å². The van der Waals surface area contributed by atoms with E-state index in [-0.39, 0.29) is 0 Å². The van der Waals surface area contributed by atoms with Gasteiger partial charge in [-0.25, -0.2) is 0 Å². The third-order valence-corrected chi connectivity index (χ3v) is 10.2. The van der Waals surface area contributed by atoms with E-state index in [2.05, 4.69) is 191 Å². The molecule has 0 unspecified atom stereocenters. The Kier molecular flexibility index (Phi) is 6.69. The molecule has 0 saturated carbocycles. The average Bonchev–Trinajstić information content (AvgIpc) is 3.68. The summed E-state index contributed by atoms with van der Waals surface area (Å²) in [4.78, 5) is 3.58. The van der Waals surface area contributed by atoms with Crippen LogP contribution >= 0.6 is 11.3 Å². The van der Waals surface area contributed by atoms with Crippen LogP contribution in [0.2, 0.25) is 0 Å². The summed E-state index contributed by atoms with van der Waals surface area (Å²) >= 11 is 1.89. The van der Waals surface area contributed by atoms with Gasteiger partial charge in [-0.2, -0.15) is 0 Å². The van der Waals surface area contributed by atoms with Crippen molar-refractivity contribution < 1.29 is 0 Å².